The van der Waals surface area contributed by atoms with E-state index < -0.39 is 0 Å². The van der Waals surface area contributed by atoms with Crippen LogP contribution in [0.4, 0.5) is 0 Å². The van der Waals surface area contributed by atoms with Crippen molar-refractivity contribution >= 4 is 17.3 Å². The lowest BCUT2D eigenvalue weighted by Gasteiger charge is -2.27. The van der Waals surface area contributed by atoms with Gasteiger partial charge in [-0.05, 0) is 68.9 Å². The first-order valence-electron chi connectivity index (χ1n) is 9.50. The molecule has 1 fully saturated rings. The third-order valence-electron chi connectivity index (χ3n) is 5.09. The number of pyridine rings is 2. The minimum atomic E-state index is -0.00627. The van der Waals surface area contributed by atoms with Gasteiger partial charge < -0.3 is 14.8 Å². The summed E-state index contributed by atoms with van der Waals surface area (Å²) in [5.74, 6) is 0. The van der Waals surface area contributed by atoms with Crippen LogP contribution in [0.1, 0.15) is 49.8 Å². The van der Waals surface area contributed by atoms with Gasteiger partial charge in [0, 0.05) is 30.3 Å². The predicted molar refractivity (Wildman–Crippen MR) is 115 cm³/mol. The van der Waals surface area contributed by atoms with E-state index in [-0.39, 0.29) is 17.6 Å². The van der Waals surface area contributed by atoms with Crippen LogP contribution in [-0.4, -0.2) is 24.5 Å². The number of thiocarbonyl (C=S) groups is 1. The third kappa shape index (κ3) is 3.64. The molecule has 4 heterocycles. The van der Waals surface area contributed by atoms with Gasteiger partial charge in [-0.25, -0.2) is 0 Å². The molecular formula is C22H25N5S. The van der Waals surface area contributed by atoms with Gasteiger partial charge >= 0.3 is 0 Å². The van der Waals surface area contributed by atoms with Gasteiger partial charge in [-0.3, -0.25) is 9.97 Å². The quantitative estimate of drug-likeness (QED) is 0.675. The maximum atomic E-state index is 5.73. The van der Waals surface area contributed by atoms with E-state index in [2.05, 4.69) is 70.0 Å². The Morgan fingerprint density at radius 1 is 1.04 bits per heavy atom. The van der Waals surface area contributed by atoms with Crippen molar-refractivity contribution in [2.24, 2.45) is 0 Å². The van der Waals surface area contributed by atoms with E-state index in [1.165, 1.54) is 5.56 Å². The maximum Gasteiger partial charge on any atom is 0.170 e. The molecule has 1 N–H and O–H groups in total. The monoisotopic (exact) mass is 391 g/mol. The van der Waals surface area contributed by atoms with Crippen molar-refractivity contribution in [3.8, 4) is 0 Å². The summed E-state index contributed by atoms with van der Waals surface area (Å²) in [6.07, 6.45) is 8.02. The predicted octanol–water partition coefficient (Wildman–Crippen LogP) is 4.21. The molecule has 4 rings (SSSR count). The first-order valence-corrected chi connectivity index (χ1v) is 9.90. The van der Waals surface area contributed by atoms with Gasteiger partial charge in [0.25, 0.3) is 0 Å². The largest absolute Gasteiger partial charge is 0.352 e. The Hall–Kier alpha value is -2.73. The lowest BCUT2D eigenvalue weighted by molar-refractivity contribution is 0.306. The van der Waals surface area contributed by atoms with E-state index in [0.717, 1.165) is 16.5 Å². The molecule has 0 aromatic carbocycles. The fourth-order valence-corrected chi connectivity index (χ4v) is 3.92. The van der Waals surface area contributed by atoms with Crippen molar-refractivity contribution in [2.45, 2.75) is 44.9 Å². The topological polar surface area (TPSA) is 46.0 Å². The molecule has 1 aliphatic rings. The first-order chi connectivity index (χ1) is 13.4. The Labute approximate surface area is 171 Å². The lowest BCUT2D eigenvalue weighted by Crippen LogP contribution is -2.29. The normalized spacial score (nSPS) is 19.7. The molecular weight excluding hydrogens is 366 g/mol. The molecule has 0 aliphatic carbocycles. The standard InChI is InChI=1S/C22H25N5S/c1-22(2,3)26-13-10-16(14-26)20-19(18-9-5-7-12-24-18)25-21(28)27(20)15-17-8-4-6-11-23-17/h4-14,19-20H,15H2,1-3H3,(H,25,28). The molecule has 1 saturated heterocycles. The number of nitrogens with one attached hydrogen (secondary N) is 1. The Bertz CT molecular complexity index is 946. The molecule has 0 saturated carbocycles. The highest BCUT2D eigenvalue weighted by Crippen LogP contribution is 2.39. The van der Waals surface area contributed by atoms with E-state index in [1.807, 2.05) is 42.7 Å². The van der Waals surface area contributed by atoms with Crippen LogP contribution in [0.3, 0.4) is 0 Å². The zero-order valence-corrected chi connectivity index (χ0v) is 17.2. The minimum Gasteiger partial charge on any atom is -0.352 e. The highest BCUT2D eigenvalue weighted by Gasteiger charge is 2.40. The SMILES string of the molecule is CC(C)(C)n1ccc(C2C(c3ccccn3)NC(=S)N2Cc2ccccn2)c1. The van der Waals surface area contributed by atoms with Gasteiger partial charge in [-0.15, -0.1) is 0 Å². The molecule has 2 atom stereocenters. The minimum absolute atomic E-state index is 0.00627. The summed E-state index contributed by atoms with van der Waals surface area (Å²) in [4.78, 5) is 11.3. The van der Waals surface area contributed by atoms with Crippen LogP contribution in [0.25, 0.3) is 0 Å². The second kappa shape index (κ2) is 7.36. The highest BCUT2D eigenvalue weighted by molar-refractivity contribution is 7.80. The van der Waals surface area contributed by atoms with Gasteiger partial charge in [-0.1, -0.05) is 12.1 Å². The van der Waals surface area contributed by atoms with E-state index in [9.17, 15) is 0 Å². The summed E-state index contributed by atoms with van der Waals surface area (Å²) < 4.78 is 2.25. The average Bonchev–Trinajstić information content (AvgIpc) is 3.29. The van der Waals surface area contributed by atoms with Gasteiger partial charge in [0.1, 0.15) is 0 Å². The molecule has 0 amide bonds. The molecule has 1 aliphatic heterocycles. The third-order valence-corrected chi connectivity index (χ3v) is 5.44. The molecule has 28 heavy (non-hydrogen) atoms. The molecule has 3 aromatic heterocycles. The number of hydrogen-bond acceptors (Lipinski definition) is 3. The van der Waals surface area contributed by atoms with Crippen molar-refractivity contribution in [3.05, 3.63) is 84.2 Å². The van der Waals surface area contributed by atoms with E-state index in [4.69, 9.17) is 12.2 Å². The fraction of sp³-hybridized carbons (Fsp3) is 0.318. The second-order valence-electron chi connectivity index (χ2n) is 8.10. The molecule has 144 valence electrons. The fourth-order valence-electron chi connectivity index (χ4n) is 3.61. The van der Waals surface area contributed by atoms with Crippen LogP contribution >= 0.6 is 12.2 Å². The van der Waals surface area contributed by atoms with Gasteiger partial charge in [0.05, 0.1) is 30.0 Å². The van der Waals surface area contributed by atoms with Gasteiger partial charge in [0.2, 0.25) is 0 Å². The van der Waals surface area contributed by atoms with Crippen molar-refractivity contribution in [2.75, 3.05) is 0 Å². The number of aromatic nitrogens is 3. The first kappa shape index (κ1) is 18.6. The van der Waals surface area contributed by atoms with Crippen LogP contribution in [0.2, 0.25) is 0 Å². The number of rotatable bonds is 4. The van der Waals surface area contributed by atoms with Crippen molar-refractivity contribution in [3.63, 3.8) is 0 Å². The van der Waals surface area contributed by atoms with Crippen LogP contribution < -0.4 is 5.32 Å². The van der Waals surface area contributed by atoms with Crippen molar-refractivity contribution in [1.82, 2.24) is 24.8 Å². The molecule has 5 nitrogen and oxygen atoms in total. The zero-order valence-electron chi connectivity index (χ0n) is 16.4. The molecule has 0 bridgehead atoms. The number of nitrogens with zero attached hydrogens (tertiary/aromatic N) is 4. The second-order valence-corrected chi connectivity index (χ2v) is 8.49. The molecule has 3 aromatic rings. The molecule has 0 spiro atoms. The summed E-state index contributed by atoms with van der Waals surface area (Å²) in [6, 6.07) is 14.2. The highest BCUT2D eigenvalue weighted by atomic mass is 32.1. The van der Waals surface area contributed by atoms with Crippen LogP contribution in [0.5, 0.6) is 0 Å². The lowest BCUT2D eigenvalue weighted by atomic mass is 9.99. The van der Waals surface area contributed by atoms with Crippen LogP contribution in [0.15, 0.2) is 67.3 Å². The summed E-state index contributed by atoms with van der Waals surface area (Å²) in [5, 5.41) is 4.23. The Balaban J connectivity index is 1.74. The summed E-state index contributed by atoms with van der Waals surface area (Å²) in [5.41, 5.74) is 3.22. The van der Waals surface area contributed by atoms with Crippen LogP contribution in [0, 0.1) is 0 Å². The van der Waals surface area contributed by atoms with Gasteiger partial charge in [-0.2, -0.15) is 0 Å². The smallest absolute Gasteiger partial charge is 0.170 e. The van der Waals surface area contributed by atoms with Crippen LogP contribution in [-0.2, 0) is 12.1 Å². The summed E-state index contributed by atoms with van der Waals surface area (Å²) in [6.45, 7) is 7.27. The Kier molecular flexibility index (Phi) is 4.89. The average molecular weight is 392 g/mol. The summed E-state index contributed by atoms with van der Waals surface area (Å²) in [7, 11) is 0. The van der Waals surface area contributed by atoms with Gasteiger partial charge in [0.15, 0.2) is 5.11 Å². The molecule has 2 unspecified atom stereocenters. The number of hydrogen-bond donors (Lipinski definition) is 1. The maximum absolute atomic E-state index is 5.73. The van der Waals surface area contributed by atoms with E-state index >= 15 is 0 Å². The Morgan fingerprint density at radius 2 is 1.79 bits per heavy atom. The zero-order chi connectivity index (χ0) is 19.7. The Morgan fingerprint density at radius 3 is 2.39 bits per heavy atom. The summed E-state index contributed by atoms with van der Waals surface area (Å²) >= 11 is 5.73. The van der Waals surface area contributed by atoms with E-state index in [1.54, 1.807) is 0 Å². The molecule has 6 heteroatoms. The molecule has 0 radical (unpaired) electrons. The van der Waals surface area contributed by atoms with Crippen molar-refractivity contribution in [1.29, 1.82) is 0 Å². The van der Waals surface area contributed by atoms with Crippen molar-refractivity contribution < 1.29 is 0 Å². The van der Waals surface area contributed by atoms with E-state index in [0.29, 0.717) is 6.54 Å².